The average molecular weight is 316 g/mol. The summed E-state index contributed by atoms with van der Waals surface area (Å²) in [7, 11) is 2.98. The Kier molecular flexibility index (Phi) is 7.20. The van der Waals surface area contributed by atoms with Crippen molar-refractivity contribution in [3.05, 3.63) is 29.3 Å². The van der Waals surface area contributed by atoms with E-state index >= 15 is 0 Å². The number of halogens is 1. The monoisotopic (exact) mass is 315 g/mol. The van der Waals surface area contributed by atoms with Crippen molar-refractivity contribution in [2.75, 3.05) is 14.2 Å². The molecule has 0 saturated heterocycles. The van der Waals surface area contributed by atoms with Crippen LogP contribution in [-0.2, 0) is 9.53 Å². The molecule has 0 bridgehead atoms. The Hall–Kier alpha value is -1.26. The summed E-state index contributed by atoms with van der Waals surface area (Å²) in [5.74, 6) is 0.744. The zero-order valence-corrected chi connectivity index (χ0v) is 14.4. The summed E-state index contributed by atoms with van der Waals surface area (Å²) in [5.41, 5.74) is 7.48. The van der Waals surface area contributed by atoms with Crippen LogP contribution in [-0.4, -0.2) is 20.2 Å². The maximum atomic E-state index is 11.9. The van der Waals surface area contributed by atoms with Gasteiger partial charge in [-0.1, -0.05) is 26.0 Å². The highest BCUT2D eigenvalue weighted by molar-refractivity contribution is 5.85. The maximum absolute atomic E-state index is 11.9. The fourth-order valence-corrected chi connectivity index (χ4v) is 2.13. The van der Waals surface area contributed by atoms with Gasteiger partial charge in [0, 0.05) is 11.6 Å². The summed E-state index contributed by atoms with van der Waals surface area (Å²) in [4.78, 5) is 11.9. The van der Waals surface area contributed by atoms with E-state index in [2.05, 4.69) is 13.8 Å². The molecule has 0 amide bonds. The molecule has 0 saturated carbocycles. The second kappa shape index (κ2) is 7.66. The molecule has 1 rings (SSSR count). The molecule has 0 unspecified atom stereocenters. The van der Waals surface area contributed by atoms with Crippen LogP contribution in [0.15, 0.2) is 18.2 Å². The van der Waals surface area contributed by atoms with Gasteiger partial charge in [-0.3, -0.25) is 4.79 Å². The highest BCUT2D eigenvalue weighted by Crippen LogP contribution is 2.38. The smallest absolute Gasteiger partial charge is 0.313 e. The number of hydrogen-bond acceptors (Lipinski definition) is 4. The molecule has 0 radical (unpaired) electrons. The molecule has 4 nitrogen and oxygen atoms in total. The lowest BCUT2D eigenvalue weighted by Gasteiger charge is -2.30. The third-order valence-electron chi connectivity index (χ3n) is 3.74. The molecule has 21 heavy (non-hydrogen) atoms. The van der Waals surface area contributed by atoms with Gasteiger partial charge in [-0.05, 0) is 31.4 Å². The average Bonchev–Trinajstić information content (AvgIpc) is 2.44. The van der Waals surface area contributed by atoms with Crippen LogP contribution in [0, 0.1) is 5.41 Å². The standard InChI is InChI=1S/C16H25NO3.ClH/c1-10(2)11-7-8-13(19-5)12(9-11)14(17)16(3,4)15(18)20-6;/h7-10,14H,17H2,1-6H3;1H/t14-;/m0./s1. The summed E-state index contributed by atoms with van der Waals surface area (Å²) >= 11 is 0. The summed E-state index contributed by atoms with van der Waals surface area (Å²) in [5, 5.41) is 0. The van der Waals surface area contributed by atoms with E-state index in [9.17, 15) is 4.79 Å². The number of rotatable bonds is 5. The number of carbonyl (C=O) groups excluding carboxylic acids is 1. The van der Waals surface area contributed by atoms with Gasteiger partial charge in [0.1, 0.15) is 5.75 Å². The minimum Gasteiger partial charge on any atom is -0.496 e. The van der Waals surface area contributed by atoms with Gasteiger partial charge in [0.2, 0.25) is 0 Å². The Morgan fingerprint density at radius 1 is 1.24 bits per heavy atom. The molecule has 1 aromatic rings. The first-order chi connectivity index (χ1) is 9.25. The van der Waals surface area contributed by atoms with Crippen molar-refractivity contribution in [3.63, 3.8) is 0 Å². The summed E-state index contributed by atoms with van der Waals surface area (Å²) in [6.07, 6.45) is 0. The lowest BCUT2D eigenvalue weighted by Crippen LogP contribution is -2.37. The largest absolute Gasteiger partial charge is 0.496 e. The van der Waals surface area contributed by atoms with Gasteiger partial charge >= 0.3 is 5.97 Å². The first kappa shape index (κ1) is 19.7. The van der Waals surface area contributed by atoms with Crippen LogP contribution in [0.2, 0.25) is 0 Å². The second-order valence-electron chi connectivity index (χ2n) is 5.85. The summed E-state index contributed by atoms with van der Waals surface area (Å²) in [6.45, 7) is 7.79. The molecule has 0 fully saturated rings. The molecule has 0 aliphatic heterocycles. The summed E-state index contributed by atoms with van der Waals surface area (Å²) in [6, 6.07) is 5.44. The molecule has 1 aromatic carbocycles. The minimum atomic E-state index is -0.822. The minimum absolute atomic E-state index is 0. The van der Waals surface area contributed by atoms with Gasteiger partial charge in [0.05, 0.1) is 19.6 Å². The highest BCUT2D eigenvalue weighted by atomic mass is 35.5. The molecule has 0 spiro atoms. The number of benzene rings is 1. The van der Waals surface area contributed by atoms with Crippen molar-refractivity contribution in [3.8, 4) is 5.75 Å². The van der Waals surface area contributed by atoms with E-state index in [1.54, 1.807) is 21.0 Å². The van der Waals surface area contributed by atoms with Crippen LogP contribution in [0.25, 0.3) is 0 Å². The van der Waals surface area contributed by atoms with Crippen molar-refractivity contribution in [1.82, 2.24) is 0 Å². The molecule has 5 heteroatoms. The van der Waals surface area contributed by atoms with Crippen molar-refractivity contribution < 1.29 is 14.3 Å². The number of carbonyl (C=O) groups is 1. The zero-order valence-electron chi connectivity index (χ0n) is 13.6. The van der Waals surface area contributed by atoms with Gasteiger partial charge in [0.15, 0.2) is 0 Å². The Labute approximate surface area is 133 Å². The molecule has 0 aromatic heterocycles. The molecule has 2 N–H and O–H groups in total. The van der Waals surface area contributed by atoms with Crippen LogP contribution < -0.4 is 10.5 Å². The van der Waals surface area contributed by atoms with Gasteiger partial charge in [-0.2, -0.15) is 0 Å². The predicted octanol–water partition coefficient (Wildman–Crippen LogP) is 3.44. The summed E-state index contributed by atoms with van der Waals surface area (Å²) < 4.78 is 10.2. The molecular weight excluding hydrogens is 290 g/mol. The molecule has 0 aliphatic carbocycles. The van der Waals surface area contributed by atoms with Crippen LogP contribution >= 0.6 is 12.4 Å². The highest BCUT2D eigenvalue weighted by Gasteiger charge is 2.38. The number of hydrogen-bond donors (Lipinski definition) is 1. The van der Waals surface area contributed by atoms with Crippen LogP contribution in [0.3, 0.4) is 0 Å². The van der Waals surface area contributed by atoms with Gasteiger partial charge in [-0.25, -0.2) is 0 Å². The Morgan fingerprint density at radius 3 is 2.24 bits per heavy atom. The number of methoxy groups -OCH3 is 2. The Balaban J connectivity index is 0.00000400. The fraction of sp³-hybridized carbons (Fsp3) is 0.562. The normalized spacial score (nSPS) is 12.6. The first-order valence-corrected chi connectivity index (χ1v) is 6.77. The van der Waals surface area contributed by atoms with Crippen molar-refractivity contribution in [2.24, 2.45) is 11.1 Å². The SMILES string of the molecule is COC(=O)C(C)(C)[C@@H](N)c1cc(C(C)C)ccc1OC.Cl. The quantitative estimate of drug-likeness (QED) is 0.845. The van der Waals surface area contributed by atoms with Crippen molar-refractivity contribution in [1.29, 1.82) is 0 Å². The molecular formula is C16H26ClNO3. The first-order valence-electron chi connectivity index (χ1n) is 6.77. The van der Waals surface area contributed by atoms with E-state index in [-0.39, 0.29) is 18.4 Å². The van der Waals surface area contributed by atoms with E-state index in [4.69, 9.17) is 15.2 Å². The van der Waals surface area contributed by atoms with Gasteiger partial charge in [0.25, 0.3) is 0 Å². The van der Waals surface area contributed by atoms with Crippen molar-refractivity contribution in [2.45, 2.75) is 39.7 Å². The van der Waals surface area contributed by atoms with E-state index in [1.165, 1.54) is 7.11 Å². The molecule has 1 atom stereocenters. The van der Waals surface area contributed by atoms with Crippen LogP contribution in [0.4, 0.5) is 0 Å². The zero-order chi connectivity index (χ0) is 15.5. The Bertz CT molecular complexity index is 486. The molecule has 120 valence electrons. The van der Waals surface area contributed by atoms with Crippen molar-refractivity contribution >= 4 is 18.4 Å². The third-order valence-corrected chi connectivity index (χ3v) is 3.74. The van der Waals surface area contributed by atoms with E-state index < -0.39 is 11.5 Å². The van der Waals surface area contributed by atoms with Crippen LogP contribution in [0.5, 0.6) is 5.75 Å². The third kappa shape index (κ3) is 4.11. The Morgan fingerprint density at radius 2 is 1.81 bits per heavy atom. The van der Waals surface area contributed by atoms with E-state index in [1.807, 2.05) is 18.2 Å². The van der Waals surface area contributed by atoms with E-state index in [0.29, 0.717) is 11.7 Å². The molecule has 0 aliphatic rings. The van der Waals surface area contributed by atoms with Gasteiger partial charge < -0.3 is 15.2 Å². The predicted molar refractivity (Wildman–Crippen MR) is 87.1 cm³/mol. The lowest BCUT2D eigenvalue weighted by molar-refractivity contribution is -0.152. The van der Waals surface area contributed by atoms with Gasteiger partial charge in [-0.15, -0.1) is 12.4 Å². The van der Waals surface area contributed by atoms with E-state index in [0.717, 1.165) is 11.1 Å². The number of nitrogens with two attached hydrogens (primary N) is 1. The van der Waals surface area contributed by atoms with Crippen LogP contribution in [0.1, 0.15) is 50.8 Å². The second-order valence-corrected chi connectivity index (χ2v) is 5.85. The maximum Gasteiger partial charge on any atom is 0.313 e. The number of ether oxygens (including phenoxy) is 2. The molecule has 0 heterocycles. The lowest BCUT2D eigenvalue weighted by atomic mass is 9.80. The number of esters is 1. The topological polar surface area (TPSA) is 61.5 Å². The fourth-order valence-electron chi connectivity index (χ4n) is 2.13.